The molecule has 1 rings (SSSR count). The summed E-state index contributed by atoms with van der Waals surface area (Å²) < 4.78 is 5.33. The Kier molecular flexibility index (Phi) is 2.94. The van der Waals surface area contributed by atoms with E-state index >= 15 is 0 Å². The molecule has 1 fully saturated rings. The van der Waals surface area contributed by atoms with Gasteiger partial charge in [-0.2, -0.15) is 4.89 Å². The third-order valence-electron chi connectivity index (χ3n) is 2.49. The van der Waals surface area contributed by atoms with Gasteiger partial charge in [-0.05, 0) is 13.8 Å². The van der Waals surface area contributed by atoms with E-state index in [9.17, 15) is 4.79 Å². The third kappa shape index (κ3) is 1.92. The van der Waals surface area contributed by atoms with Crippen LogP contribution in [-0.2, 0) is 19.3 Å². The van der Waals surface area contributed by atoms with E-state index in [1.54, 1.807) is 13.8 Å². The first-order valence-electron chi connectivity index (χ1n) is 4.94. The van der Waals surface area contributed by atoms with Crippen LogP contribution in [0.15, 0.2) is 12.2 Å². The highest BCUT2D eigenvalue weighted by molar-refractivity contribution is 5.87. The van der Waals surface area contributed by atoms with Crippen LogP contribution in [0, 0.1) is 5.41 Å². The predicted octanol–water partition coefficient (Wildman–Crippen LogP) is 2.20. The highest BCUT2D eigenvalue weighted by atomic mass is 17.3. The largest absolute Gasteiger partial charge is 0.423 e. The molecule has 86 valence electrons. The number of carbonyl (C=O) groups is 1. The molecule has 0 N–H and O–H groups in total. The van der Waals surface area contributed by atoms with Crippen LogP contribution in [0.1, 0.15) is 34.6 Å². The molecule has 1 saturated heterocycles. The Morgan fingerprint density at radius 2 is 2.00 bits per heavy atom. The predicted molar refractivity (Wildman–Crippen MR) is 54.7 cm³/mol. The molecule has 2 unspecified atom stereocenters. The molecule has 4 nitrogen and oxygen atoms in total. The van der Waals surface area contributed by atoms with Crippen LogP contribution in [0.25, 0.3) is 0 Å². The Hall–Kier alpha value is -0.870. The summed E-state index contributed by atoms with van der Waals surface area (Å²) in [5, 5.41) is 0. The Bertz CT molecular complexity index is 289. The van der Waals surface area contributed by atoms with Crippen molar-refractivity contribution in [2.24, 2.45) is 5.41 Å². The van der Waals surface area contributed by atoms with Crippen LogP contribution in [0.5, 0.6) is 0 Å². The van der Waals surface area contributed by atoms with E-state index in [4.69, 9.17) is 14.5 Å². The Labute approximate surface area is 90.1 Å². The first kappa shape index (κ1) is 12.2. The first-order valence-corrected chi connectivity index (χ1v) is 4.94. The summed E-state index contributed by atoms with van der Waals surface area (Å²) in [7, 11) is 0. The standard InChI is InChI=1S/C11H18O4/c1-7(2)9(12)13-11(10(4,5)6)8(3)14-15-11/h8H,1H2,2-6H3. The van der Waals surface area contributed by atoms with Gasteiger partial charge in [0.15, 0.2) is 6.10 Å². The lowest BCUT2D eigenvalue weighted by molar-refractivity contribution is -0.580. The zero-order chi connectivity index (χ0) is 11.9. The molecule has 1 aliphatic rings. The quantitative estimate of drug-likeness (QED) is 0.401. The molecule has 0 saturated carbocycles. The van der Waals surface area contributed by atoms with Crippen molar-refractivity contribution in [1.82, 2.24) is 0 Å². The second-order valence-electron chi connectivity index (χ2n) is 4.91. The summed E-state index contributed by atoms with van der Waals surface area (Å²) in [6.07, 6.45) is -0.277. The minimum absolute atomic E-state index is 0.277. The molecule has 0 bridgehead atoms. The molecule has 0 aromatic heterocycles. The van der Waals surface area contributed by atoms with Crippen LogP contribution in [0.4, 0.5) is 0 Å². The lowest BCUT2D eigenvalue weighted by atomic mass is 9.81. The minimum atomic E-state index is -1.01. The summed E-state index contributed by atoms with van der Waals surface area (Å²) in [6.45, 7) is 12.7. The molecular weight excluding hydrogens is 196 g/mol. The third-order valence-corrected chi connectivity index (χ3v) is 2.49. The number of hydrogen-bond donors (Lipinski definition) is 0. The molecule has 15 heavy (non-hydrogen) atoms. The van der Waals surface area contributed by atoms with Crippen molar-refractivity contribution in [2.75, 3.05) is 0 Å². The second-order valence-corrected chi connectivity index (χ2v) is 4.91. The van der Waals surface area contributed by atoms with Gasteiger partial charge in [-0.3, -0.25) is 0 Å². The maximum Gasteiger partial charge on any atom is 0.335 e. The van der Waals surface area contributed by atoms with Crippen molar-refractivity contribution in [3.8, 4) is 0 Å². The van der Waals surface area contributed by atoms with Crippen molar-refractivity contribution in [2.45, 2.75) is 46.5 Å². The lowest BCUT2D eigenvalue weighted by Crippen LogP contribution is -2.65. The lowest BCUT2D eigenvalue weighted by Gasteiger charge is -2.51. The molecule has 0 aromatic carbocycles. The van der Waals surface area contributed by atoms with Gasteiger partial charge in [0, 0.05) is 11.0 Å². The first-order chi connectivity index (χ1) is 6.71. The number of esters is 1. The van der Waals surface area contributed by atoms with E-state index in [2.05, 4.69) is 6.58 Å². The highest BCUT2D eigenvalue weighted by Gasteiger charge is 2.60. The smallest absolute Gasteiger partial charge is 0.335 e. The maximum absolute atomic E-state index is 11.5. The van der Waals surface area contributed by atoms with Crippen molar-refractivity contribution >= 4 is 5.97 Å². The molecule has 0 spiro atoms. The maximum atomic E-state index is 11.5. The number of ether oxygens (including phenoxy) is 1. The highest BCUT2D eigenvalue weighted by Crippen LogP contribution is 2.45. The Morgan fingerprint density at radius 3 is 2.20 bits per heavy atom. The monoisotopic (exact) mass is 214 g/mol. The van der Waals surface area contributed by atoms with E-state index in [0.29, 0.717) is 5.57 Å². The molecule has 0 amide bonds. The van der Waals surface area contributed by atoms with E-state index in [1.807, 2.05) is 20.8 Å². The van der Waals surface area contributed by atoms with Crippen molar-refractivity contribution < 1.29 is 19.3 Å². The van der Waals surface area contributed by atoms with Crippen molar-refractivity contribution in [3.05, 3.63) is 12.2 Å². The SMILES string of the molecule is C=C(C)C(=O)OC1(C(C)(C)C)OOC1C. The number of hydrogen-bond acceptors (Lipinski definition) is 4. The summed E-state index contributed by atoms with van der Waals surface area (Å²) in [4.78, 5) is 21.4. The van der Waals surface area contributed by atoms with Crippen molar-refractivity contribution in [1.29, 1.82) is 0 Å². The average Bonchev–Trinajstić information content (AvgIpc) is 2.08. The number of carbonyl (C=O) groups excluding carboxylic acids is 1. The Morgan fingerprint density at radius 1 is 1.47 bits per heavy atom. The van der Waals surface area contributed by atoms with Gasteiger partial charge in [-0.25, -0.2) is 9.68 Å². The molecule has 2 atom stereocenters. The van der Waals surface area contributed by atoms with E-state index in [1.165, 1.54) is 0 Å². The van der Waals surface area contributed by atoms with Crippen LogP contribution in [-0.4, -0.2) is 17.9 Å². The van der Waals surface area contributed by atoms with E-state index in [-0.39, 0.29) is 11.5 Å². The molecule has 1 heterocycles. The van der Waals surface area contributed by atoms with Gasteiger partial charge < -0.3 is 4.74 Å². The van der Waals surface area contributed by atoms with Gasteiger partial charge in [0.1, 0.15) is 0 Å². The van der Waals surface area contributed by atoms with Crippen LogP contribution >= 0.6 is 0 Å². The van der Waals surface area contributed by atoms with Gasteiger partial charge in [-0.15, -0.1) is 0 Å². The number of rotatable bonds is 2. The molecule has 0 aromatic rings. The fourth-order valence-corrected chi connectivity index (χ4v) is 1.44. The fraction of sp³-hybridized carbons (Fsp3) is 0.727. The van der Waals surface area contributed by atoms with E-state index in [0.717, 1.165) is 0 Å². The van der Waals surface area contributed by atoms with Gasteiger partial charge in [-0.1, -0.05) is 27.4 Å². The zero-order valence-corrected chi connectivity index (χ0v) is 9.92. The molecular formula is C11H18O4. The normalized spacial score (nSPS) is 30.6. The Balaban J connectivity index is 2.86. The minimum Gasteiger partial charge on any atom is -0.423 e. The summed E-state index contributed by atoms with van der Waals surface area (Å²) in [6, 6.07) is 0. The van der Waals surface area contributed by atoms with Crippen LogP contribution < -0.4 is 0 Å². The summed E-state index contributed by atoms with van der Waals surface area (Å²) >= 11 is 0. The second kappa shape index (κ2) is 3.61. The molecule has 0 aliphatic carbocycles. The molecule has 4 heteroatoms. The molecule has 0 radical (unpaired) electrons. The van der Waals surface area contributed by atoms with Gasteiger partial charge in [0.2, 0.25) is 0 Å². The summed E-state index contributed by atoms with van der Waals surface area (Å²) in [5.74, 6) is -1.47. The van der Waals surface area contributed by atoms with Crippen LogP contribution in [0.2, 0.25) is 0 Å². The fourth-order valence-electron chi connectivity index (χ4n) is 1.44. The average molecular weight is 214 g/mol. The van der Waals surface area contributed by atoms with E-state index < -0.39 is 11.8 Å². The van der Waals surface area contributed by atoms with Gasteiger partial charge in [0.05, 0.1) is 0 Å². The van der Waals surface area contributed by atoms with Crippen molar-refractivity contribution in [3.63, 3.8) is 0 Å². The summed E-state index contributed by atoms with van der Waals surface area (Å²) in [5.41, 5.74) is -0.00296. The topological polar surface area (TPSA) is 44.8 Å². The van der Waals surface area contributed by atoms with Gasteiger partial charge in [0.25, 0.3) is 5.79 Å². The van der Waals surface area contributed by atoms with Gasteiger partial charge >= 0.3 is 5.97 Å². The molecule has 1 aliphatic heterocycles. The zero-order valence-electron chi connectivity index (χ0n) is 9.92. The van der Waals surface area contributed by atoms with Crippen LogP contribution in [0.3, 0.4) is 0 Å².